The van der Waals surface area contributed by atoms with Crippen molar-refractivity contribution in [2.24, 2.45) is 0 Å². The topological polar surface area (TPSA) is 104 Å². The molecule has 1 aromatic carbocycles. The highest BCUT2D eigenvalue weighted by molar-refractivity contribution is 6.04. The first kappa shape index (κ1) is 28.8. The largest absolute Gasteiger partial charge is 0.433 e. The van der Waals surface area contributed by atoms with Crippen LogP contribution in [0.15, 0.2) is 67.1 Å². The zero-order valence-electron chi connectivity index (χ0n) is 21.6. The number of nitrogens with one attached hydrogen (secondary N) is 2. The quantitative estimate of drug-likeness (QED) is 0.290. The zero-order chi connectivity index (χ0) is 28.7. The van der Waals surface area contributed by atoms with Crippen molar-refractivity contribution in [1.29, 1.82) is 0 Å². The Bertz CT molecular complexity index is 1460. The first-order chi connectivity index (χ1) is 18.4. The van der Waals surface area contributed by atoms with Gasteiger partial charge >= 0.3 is 6.18 Å². The summed E-state index contributed by atoms with van der Waals surface area (Å²) in [5.41, 5.74) is 2.65. The summed E-state index contributed by atoms with van der Waals surface area (Å²) < 4.78 is 39.1. The minimum Gasteiger partial charge on any atom is -0.324 e. The van der Waals surface area contributed by atoms with Crippen LogP contribution in [0.5, 0.6) is 0 Å². The fraction of sp³-hybridized carbons (Fsp3) is 0.179. The number of carbonyl (C=O) groups excluding carboxylic acids is 3. The van der Waals surface area contributed by atoms with Gasteiger partial charge in [-0.25, -0.2) is 4.98 Å². The molecule has 0 spiro atoms. The molecule has 3 amide bonds. The van der Waals surface area contributed by atoms with Crippen molar-refractivity contribution >= 4 is 40.9 Å². The van der Waals surface area contributed by atoms with Crippen LogP contribution < -0.4 is 10.6 Å². The molecule has 3 rings (SSSR count). The van der Waals surface area contributed by atoms with Gasteiger partial charge in [0.2, 0.25) is 12.3 Å². The summed E-state index contributed by atoms with van der Waals surface area (Å²) in [7, 11) is 1.57. The summed E-state index contributed by atoms with van der Waals surface area (Å²) >= 11 is 0. The molecule has 0 radical (unpaired) electrons. The third kappa shape index (κ3) is 7.84. The van der Waals surface area contributed by atoms with Crippen LogP contribution in [-0.4, -0.2) is 40.1 Å². The van der Waals surface area contributed by atoms with Gasteiger partial charge in [0.1, 0.15) is 11.5 Å². The van der Waals surface area contributed by atoms with Crippen LogP contribution >= 0.6 is 0 Å². The van der Waals surface area contributed by atoms with Crippen LogP contribution in [0, 0.1) is 6.92 Å². The van der Waals surface area contributed by atoms with Crippen LogP contribution in [0.3, 0.4) is 0 Å². The molecule has 39 heavy (non-hydrogen) atoms. The Morgan fingerprint density at radius 1 is 0.949 bits per heavy atom. The van der Waals surface area contributed by atoms with Gasteiger partial charge < -0.3 is 15.5 Å². The Morgan fingerprint density at radius 2 is 1.64 bits per heavy atom. The monoisotopic (exact) mass is 537 g/mol. The zero-order valence-corrected chi connectivity index (χ0v) is 21.6. The van der Waals surface area contributed by atoms with Gasteiger partial charge in [0, 0.05) is 43.8 Å². The number of aryl methyl sites for hydroxylation is 1. The number of nitrogens with zero attached hydrogens (tertiary/aromatic N) is 3. The fourth-order valence-electron chi connectivity index (χ4n) is 3.62. The van der Waals surface area contributed by atoms with Gasteiger partial charge in [-0.15, -0.1) is 0 Å². The van der Waals surface area contributed by atoms with E-state index in [-0.39, 0.29) is 11.5 Å². The molecule has 2 aromatic heterocycles. The molecule has 0 saturated carbocycles. The summed E-state index contributed by atoms with van der Waals surface area (Å²) in [5, 5.41) is 5.26. The van der Waals surface area contributed by atoms with Gasteiger partial charge in [-0.2, -0.15) is 13.2 Å². The number of hydrogen-bond acceptors (Lipinski definition) is 5. The molecule has 0 aliphatic rings. The van der Waals surface area contributed by atoms with Crippen molar-refractivity contribution < 1.29 is 27.6 Å². The number of hydrogen-bond donors (Lipinski definition) is 2. The van der Waals surface area contributed by atoms with Gasteiger partial charge in [-0.1, -0.05) is 6.07 Å². The van der Waals surface area contributed by atoms with Crippen LogP contribution in [0.1, 0.15) is 46.6 Å². The SMILES string of the molecule is CC(=O)Nc1cc(/C(C)=C/C(=C\N(C)C=O)c2cc(NC(=O)c3ccnc(C(F)(F)F)c3)ccc2C)ccn1. The van der Waals surface area contributed by atoms with Gasteiger partial charge in [0.15, 0.2) is 0 Å². The van der Waals surface area contributed by atoms with E-state index in [1.165, 1.54) is 17.9 Å². The number of aromatic nitrogens is 2. The first-order valence-corrected chi connectivity index (χ1v) is 11.6. The maximum atomic E-state index is 13.0. The number of anilines is 2. The minimum atomic E-state index is -4.68. The number of benzene rings is 1. The number of alkyl halides is 3. The van der Waals surface area contributed by atoms with E-state index in [0.29, 0.717) is 35.1 Å². The molecule has 0 bridgehead atoms. The van der Waals surface area contributed by atoms with Crippen molar-refractivity contribution in [2.45, 2.75) is 26.9 Å². The van der Waals surface area contributed by atoms with Crippen LogP contribution in [0.4, 0.5) is 24.7 Å². The summed E-state index contributed by atoms with van der Waals surface area (Å²) in [6.07, 6.45) is 1.88. The lowest BCUT2D eigenvalue weighted by molar-refractivity contribution is -0.141. The molecule has 2 heterocycles. The normalized spacial score (nSPS) is 12.1. The highest BCUT2D eigenvalue weighted by Crippen LogP contribution is 2.30. The second-order valence-corrected chi connectivity index (χ2v) is 8.70. The van der Waals surface area contributed by atoms with Crippen molar-refractivity contribution in [2.75, 3.05) is 17.7 Å². The first-order valence-electron chi connectivity index (χ1n) is 11.6. The molecule has 3 aromatic rings. The third-order valence-corrected chi connectivity index (χ3v) is 5.52. The molecule has 0 saturated heterocycles. The van der Waals surface area contributed by atoms with Crippen molar-refractivity contribution in [3.63, 3.8) is 0 Å². The van der Waals surface area contributed by atoms with Crippen molar-refractivity contribution in [3.05, 3.63) is 95.1 Å². The fourth-order valence-corrected chi connectivity index (χ4v) is 3.62. The number of rotatable bonds is 8. The molecule has 202 valence electrons. The second-order valence-electron chi connectivity index (χ2n) is 8.70. The maximum Gasteiger partial charge on any atom is 0.433 e. The minimum absolute atomic E-state index is 0.195. The van der Waals surface area contributed by atoms with Gasteiger partial charge in [-0.3, -0.25) is 19.4 Å². The van der Waals surface area contributed by atoms with E-state index in [0.717, 1.165) is 22.9 Å². The second kappa shape index (κ2) is 12.2. The van der Waals surface area contributed by atoms with Gasteiger partial charge in [0.25, 0.3) is 5.91 Å². The number of carbonyl (C=O) groups is 3. The predicted molar refractivity (Wildman–Crippen MR) is 142 cm³/mol. The van der Waals surface area contributed by atoms with E-state index in [4.69, 9.17) is 0 Å². The van der Waals surface area contributed by atoms with Crippen molar-refractivity contribution in [3.8, 4) is 0 Å². The summed E-state index contributed by atoms with van der Waals surface area (Å²) in [4.78, 5) is 44.3. The predicted octanol–water partition coefficient (Wildman–Crippen LogP) is 5.55. The van der Waals surface area contributed by atoms with E-state index >= 15 is 0 Å². The average molecular weight is 538 g/mol. The highest BCUT2D eigenvalue weighted by Gasteiger charge is 2.33. The van der Waals surface area contributed by atoms with Gasteiger partial charge in [0.05, 0.1) is 0 Å². The molecule has 0 atom stereocenters. The molecule has 0 fully saturated rings. The summed E-state index contributed by atoms with van der Waals surface area (Å²) in [5.74, 6) is -0.610. The van der Waals surface area contributed by atoms with E-state index < -0.39 is 17.8 Å². The van der Waals surface area contributed by atoms with Crippen LogP contribution in [0.25, 0.3) is 11.1 Å². The lowest BCUT2D eigenvalue weighted by Gasteiger charge is -2.15. The molecule has 0 aliphatic heterocycles. The molecule has 0 aliphatic carbocycles. The highest BCUT2D eigenvalue weighted by atomic mass is 19.4. The lowest BCUT2D eigenvalue weighted by Crippen LogP contribution is -2.15. The molecule has 11 heteroatoms. The Labute approximate surface area is 223 Å². The number of pyridine rings is 2. The Hall–Kier alpha value is -4.80. The van der Waals surface area contributed by atoms with E-state index in [9.17, 15) is 27.6 Å². The molecule has 0 unspecified atom stereocenters. The Balaban J connectivity index is 1.98. The Kier molecular flexibility index (Phi) is 8.97. The molecule has 8 nitrogen and oxygen atoms in total. The summed E-state index contributed by atoms with van der Waals surface area (Å²) in [6, 6.07) is 10.4. The lowest BCUT2D eigenvalue weighted by atomic mass is 9.96. The molecular weight excluding hydrogens is 511 g/mol. The number of allylic oxidation sites excluding steroid dienone is 3. The van der Waals surface area contributed by atoms with Crippen LogP contribution in [-0.2, 0) is 15.8 Å². The third-order valence-electron chi connectivity index (χ3n) is 5.52. The van der Waals surface area contributed by atoms with E-state index in [1.54, 1.807) is 49.8 Å². The average Bonchev–Trinajstić information content (AvgIpc) is 2.88. The van der Waals surface area contributed by atoms with E-state index in [1.807, 2.05) is 19.9 Å². The number of amides is 3. The van der Waals surface area contributed by atoms with Crippen LogP contribution in [0.2, 0.25) is 0 Å². The Morgan fingerprint density at radius 3 is 2.31 bits per heavy atom. The standard InChI is InChI=1S/C28H26F3N5O3/c1-17-5-6-23(35-27(39)21-8-9-32-25(12-21)28(29,30)31)14-24(17)22(15-36(4)16-37)11-18(2)20-7-10-33-26(13-20)34-19(3)38/h5-16H,1-4H3,(H,35,39)(H,33,34,38)/b18-11+,22-15+. The summed E-state index contributed by atoms with van der Waals surface area (Å²) in [6.45, 7) is 5.08. The van der Waals surface area contributed by atoms with E-state index in [2.05, 4.69) is 20.6 Å². The number of halogens is 3. The van der Waals surface area contributed by atoms with Crippen molar-refractivity contribution in [1.82, 2.24) is 14.9 Å². The smallest absolute Gasteiger partial charge is 0.324 e. The molecule has 2 N–H and O–H groups in total. The maximum absolute atomic E-state index is 13.0. The van der Waals surface area contributed by atoms with Gasteiger partial charge in [-0.05, 0) is 84.2 Å². The molecular formula is C28H26F3N5O3.